The molecule has 3 nitrogen and oxygen atoms in total. The number of benzene rings is 1. The van der Waals surface area contributed by atoms with Gasteiger partial charge in [-0.2, -0.15) is 0 Å². The predicted octanol–water partition coefficient (Wildman–Crippen LogP) is 4.62. The van der Waals surface area contributed by atoms with E-state index in [-0.39, 0.29) is 6.04 Å². The molecule has 0 bridgehead atoms. The minimum atomic E-state index is 0.236. The fourth-order valence-corrected chi connectivity index (χ4v) is 2.41. The molecule has 20 heavy (non-hydrogen) atoms. The monoisotopic (exact) mass is 334 g/mol. The Balaban J connectivity index is 2.35. The second kappa shape index (κ2) is 6.86. The van der Waals surface area contributed by atoms with Crippen molar-refractivity contribution in [3.63, 3.8) is 0 Å². The number of nitrogens with one attached hydrogen (secondary N) is 1. The molecule has 1 aromatic carbocycles. The van der Waals surface area contributed by atoms with Crippen molar-refractivity contribution in [1.82, 2.24) is 10.3 Å². The summed E-state index contributed by atoms with van der Waals surface area (Å²) in [5, 5.41) is 3.41. The molecule has 1 unspecified atom stereocenters. The van der Waals surface area contributed by atoms with Crippen LogP contribution in [-0.2, 0) is 0 Å². The SMILES string of the molecule is CCNC(C)c1ccc(Br)cc1Oc1cccnc1C. The first-order valence-electron chi connectivity index (χ1n) is 6.74. The molecule has 2 rings (SSSR count). The lowest BCUT2D eigenvalue weighted by Gasteiger charge is -2.18. The summed E-state index contributed by atoms with van der Waals surface area (Å²) in [5.41, 5.74) is 2.02. The second-order valence-corrected chi connectivity index (χ2v) is 5.57. The Bertz CT molecular complexity index is 586. The Morgan fingerprint density at radius 3 is 2.80 bits per heavy atom. The van der Waals surface area contributed by atoms with Crippen molar-refractivity contribution < 1.29 is 4.74 Å². The fraction of sp³-hybridized carbons (Fsp3) is 0.312. The van der Waals surface area contributed by atoms with Crippen molar-refractivity contribution in [1.29, 1.82) is 0 Å². The topological polar surface area (TPSA) is 34.1 Å². The predicted molar refractivity (Wildman–Crippen MR) is 85.3 cm³/mol. The third kappa shape index (κ3) is 3.58. The van der Waals surface area contributed by atoms with Crippen LogP contribution in [0.1, 0.15) is 31.1 Å². The molecule has 0 fully saturated rings. The molecular weight excluding hydrogens is 316 g/mol. The molecular formula is C16H19BrN2O. The van der Waals surface area contributed by atoms with E-state index in [1.807, 2.05) is 31.2 Å². The number of ether oxygens (including phenoxy) is 1. The highest BCUT2D eigenvalue weighted by Gasteiger charge is 2.13. The van der Waals surface area contributed by atoms with Gasteiger partial charge in [-0.25, -0.2) is 0 Å². The summed E-state index contributed by atoms with van der Waals surface area (Å²) in [7, 11) is 0. The van der Waals surface area contributed by atoms with Crippen molar-refractivity contribution in [2.45, 2.75) is 26.8 Å². The molecule has 1 atom stereocenters. The number of rotatable bonds is 5. The number of nitrogens with zero attached hydrogens (tertiary/aromatic N) is 1. The summed E-state index contributed by atoms with van der Waals surface area (Å²) >= 11 is 3.50. The van der Waals surface area contributed by atoms with Crippen LogP contribution < -0.4 is 10.1 Å². The van der Waals surface area contributed by atoms with Crippen molar-refractivity contribution in [3.8, 4) is 11.5 Å². The van der Waals surface area contributed by atoms with Crippen molar-refractivity contribution in [2.75, 3.05) is 6.54 Å². The maximum atomic E-state index is 6.06. The number of hydrogen-bond donors (Lipinski definition) is 1. The van der Waals surface area contributed by atoms with E-state index < -0.39 is 0 Å². The van der Waals surface area contributed by atoms with Gasteiger partial charge in [0.05, 0.1) is 5.69 Å². The van der Waals surface area contributed by atoms with Crippen LogP contribution in [0.15, 0.2) is 41.0 Å². The van der Waals surface area contributed by atoms with Crippen LogP contribution in [0.3, 0.4) is 0 Å². The Kier molecular flexibility index (Phi) is 5.15. The molecule has 1 N–H and O–H groups in total. The Hall–Kier alpha value is -1.39. The summed E-state index contributed by atoms with van der Waals surface area (Å²) in [5.74, 6) is 1.64. The van der Waals surface area contributed by atoms with E-state index in [1.54, 1.807) is 6.20 Å². The molecule has 0 radical (unpaired) electrons. The number of aromatic nitrogens is 1. The molecule has 0 aliphatic heterocycles. The zero-order valence-electron chi connectivity index (χ0n) is 12.0. The normalized spacial score (nSPS) is 12.2. The highest BCUT2D eigenvalue weighted by atomic mass is 79.9. The average Bonchev–Trinajstić information content (AvgIpc) is 2.42. The van der Waals surface area contributed by atoms with E-state index in [0.29, 0.717) is 0 Å². The minimum Gasteiger partial charge on any atom is -0.455 e. The largest absolute Gasteiger partial charge is 0.455 e. The molecule has 106 valence electrons. The first-order valence-corrected chi connectivity index (χ1v) is 7.53. The summed E-state index contributed by atoms with van der Waals surface area (Å²) in [6.07, 6.45) is 1.77. The molecule has 0 aliphatic carbocycles. The Labute approximate surface area is 128 Å². The lowest BCUT2D eigenvalue weighted by Crippen LogP contribution is -2.18. The van der Waals surface area contributed by atoms with Gasteiger partial charge in [0.15, 0.2) is 0 Å². The van der Waals surface area contributed by atoms with Crippen LogP contribution in [0.5, 0.6) is 11.5 Å². The van der Waals surface area contributed by atoms with Crippen LogP contribution in [0.25, 0.3) is 0 Å². The molecule has 4 heteroatoms. The van der Waals surface area contributed by atoms with Crippen LogP contribution in [-0.4, -0.2) is 11.5 Å². The van der Waals surface area contributed by atoms with Crippen molar-refractivity contribution in [3.05, 3.63) is 52.3 Å². The number of hydrogen-bond acceptors (Lipinski definition) is 3. The van der Waals surface area contributed by atoms with Gasteiger partial charge in [-0.3, -0.25) is 4.98 Å². The number of pyridine rings is 1. The van der Waals surface area contributed by atoms with Crippen LogP contribution >= 0.6 is 15.9 Å². The minimum absolute atomic E-state index is 0.236. The molecule has 1 heterocycles. The van der Waals surface area contributed by atoms with Gasteiger partial charge < -0.3 is 10.1 Å². The molecule has 0 aliphatic rings. The highest BCUT2D eigenvalue weighted by Crippen LogP contribution is 2.33. The maximum absolute atomic E-state index is 6.06. The molecule has 1 aromatic heterocycles. The van der Waals surface area contributed by atoms with Gasteiger partial charge in [0.1, 0.15) is 11.5 Å². The first-order chi connectivity index (χ1) is 9.61. The molecule has 0 amide bonds. The van der Waals surface area contributed by atoms with E-state index in [1.165, 1.54) is 0 Å². The van der Waals surface area contributed by atoms with E-state index in [4.69, 9.17) is 4.74 Å². The van der Waals surface area contributed by atoms with E-state index in [2.05, 4.69) is 46.1 Å². The highest BCUT2D eigenvalue weighted by molar-refractivity contribution is 9.10. The summed E-state index contributed by atoms with van der Waals surface area (Å²) in [6.45, 7) is 7.10. The smallest absolute Gasteiger partial charge is 0.148 e. The second-order valence-electron chi connectivity index (χ2n) is 4.65. The standard InChI is InChI=1S/C16H19BrN2O/c1-4-18-11(2)14-8-7-13(17)10-16(14)20-15-6-5-9-19-12(15)3/h5-11,18H,4H2,1-3H3. The summed E-state index contributed by atoms with van der Waals surface area (Å²) in [4.78, 5) is 4.26. The lowest BCUT2D eigenvalue weighted by molar-refractivity contribution is 0.457. The van der Waals surface area contributed by atoms with Gasteiger partial charge in [0.2, 0.25) is 0 Å². The lowest BCUT2D eigenvalue weighted by atomic mass is 10.1. The van der Waals surface area contributed by atoms with Crippen LogP contribution in [0, 0.1) is 6.92 Å². The third-order valence-corrected chi connectivity index (χ3v) is 3.62. The van der Waals surface area contributed by atoms with Crippen molar-refractivity contribution in [2.24, 2.45) is 0 Å². The zero-order chi connectivity index (χ0) is 14.5. The summed E-state index contributed by atoms with van der Waals surface area (Å²) < 4.78 is 7.06. The van der Waals surface area contributed by atoms with Gasteiger partial charge in [0.25, 0.3) is 0 Å². The summed E-state index contributed by atoms with van der Waals surface area (Å²) in [6, 6.07) is 10.2. The van der Waals surface area contributed by atoms with E-state index in [9.17, 15) is 0 Å². The quantitative estimate of drug-likeness (QED) is 0.866. The van der Waals surface area contributed by atoms with Crippen molar-refractivity contribution >= 4 is 15.9 Å². The van der Waals surface area contributed by atoms with E-state index in [0.717, 1.165) is 33.8 Å². The maximum Gasteiger partial charge on any atom is 0.148 e. The number of halogens is 1. The van der Waals surface area contributed by atoms with Gasteiger partial charge >= 0.3 is 0 Å². The fourth-order valence-electron chi connectivity index (χ4n) is 2.07. The first kappa shape index (κ1) is 15.0. The van der Waals surface area contributed by atoms with Crippen LogP contribution in [0.4, 0.5) is 0 Å². The van der Waals surface area contributed by atoms with Gasteiger partial charge in [-0.1, -0.05) is 28.9 Å². The van der Waals surface area contributed by atoms with Gasteiger partial charge in [0, 0.05) is 22.3 Å². The average molecular weight is 335 g/mol. The molecule has 0 spiro atoms. The molecule has 0 saturated heterocycles. The molecule has 2 aromatic rings. The third-order valence-electron chi connectivity index (χ3n) is 3.13. The van der Waals surface area contributed by atoms with Crippen LogP contribution in [0.2, 0.25) is 0 Å². The number of aryl methyl sites for hydroxylation is 1. The Morgan fingerprint density at radius 1 is 1.30 bits per heavy atom. The molecule has 0 saturated carbocycles. The Morgan fingerprint density at radius 2 is 2.10 bits per heavy atom. The van der Waals surface area contributed by atoms with Gasteiger partial charge in [-0.05, 0) is 44.7 Å². The van der Waals surface area contributed by atoms with Gasteiger partial charge in [-0.15, -0.1) is 0 Å². The van der Waals surface area contributed by atoms with E-state index >= 15 is 0 Å². The zero-order valence-corrected chi connectivity index (χ0v) is 13.6.